The van der Waals surface area contributed by atoms with Gasteiger partial charge < -0.3 is 9.64 Å². The Labute approximate surface area is 160 Å². The molecule has 1 aromatic carbocycles. The standard InChI is InChI=1S/C21H24N2O3S/c1-15-4-5-17(12-16(15)2)18-6-7-19(20(22-18)26-3)23-10-8-21(13-23)9-11-27(24,25)14-21/h4-7,9,11-12H,8,10,13-14H2,1-3H3. The van der Waals surface area contributed by atoms with Crippen LogP contribution in [0.5, 0.6) is 5.88 Å². The zero-order valence-corrected chi connectivity index (χ0v) is 16.7. The summed E-state index contributed by atoms with van der Waals surface area (Å²) in [5.41, 5.74) is 5.05. The van der Waals surface area contributed by atoms with Crippen LogP contribution in [-0.4, -0.2) is 39.4 Å². The van der Waals surface area contributed by atoms with E-state index in [-0.39, 0.29) is 11.2 Å². The van der Waals surface area contributed by atoms with Crippen LogP contribution in [-0.2, 0) is 9.84 Å². The molecule has 0 bridgehead atoms. The van der Waals surface area contributed by atoms with Crippen molar-refractivity contribution < 1.29 is 13.2 Å². The number of sulfone groups is 1. The zero-order chi connectivity index (χ0) is 19.2. The number of aromatic nitrogens is 1. The summed E-state index contributed by atoms with van der Waals surface area (Å²) in [6, 6.07) is 10.3. The van der Waals surface area contributed by atoms with Crippen LogP contribution in [0.1, 0.15) is 17.5 Å². The third-order valence-electron chi connectivity index (χ3n) is 5.68. The minimum absolute atomic E-state index is 0.201. The SMILES string of the molecule is COc1nc(-c2ccc(C)c(C)c2)ccc1N1CCC2(C=CS(=O)(=O)C2)C1. The van der Waals surface area contributed by atoms with Gasteiger partial charge in [-0.05, 0) is 49.6 Å². The number of hydrogen-bond acceptors (Lipinski definition) is 5. The van der Waals surface area contributed by atoms with Gasteiger partial charge in [-0.25, -0.2) is 13.4 Å². The number of pyridine rings is 1. The van der Waals surface area contributed by atoms with Crippen LogP contribution in [0.15, 0.2) is 41.8 Å². The summed E-state index contributed by atoms with van der Waals surface area (Å²) in [5, 5.41) is 1.37. The third kappa shape index (κ3) is 3.34. The Kier molecular flexibility index (Phi) is 4.26. The molecular weight excluding hydrogens is 360 g/mol. The van der Waals surface area contributed by atoms with Crippen LogP contribution in [0.4, 0.5) is 5.69 Å². The van der Waals surface area contributed by atoms with E-state index in [2.05, 4.69) is 36.9 Å². The molecule has 6 heteroatoms. The van der Waals surface area contributed by atoms with Gasteiger partial charge in [-0.1, -0.05) is 18.2 Å². The smallest absolute Gasteiger partial charge is 0.237 e. The number of anilines is 1. The average Bonchev–Trinajstić information content (AvgIpc) is 3.19. The molecule has 5 nitrogen and oxygen atoms in total. The number of rotatable bonds is 3. The molecule has 2 aliphatic heterocycles. The molecule has 1 spiro atoms. The summed E-state index contributed by atoms with van der Waals surface area (Å²) in [7, 11) is -1.44. The predicted molar refractivity (Wildman–Crippen MR) is 108 cm³/mol. The van der Waals surface area contributed by atoms with Crippen molar-refractivity contribution in [2.24, 2.45) is 5.41 Å². The lowest BCUT2D eigenvalue weighted by molar-refractivity contribution is 0.398. The Hall–Kier alpha value is -2.34. The van der Waals surface area contributed by atoms with Gasteiger partial charge in [0.1, 0.15) is 0 Å². The molecule has 27 heavy (non-hydrogen) atoms. The molecule has 0 amide bonds. The van der Waals surface area contributed by atoms with E-state index in [1.54, 1.807) is 7.11 Å². The van der Waals surface area contributed by atoms with Crippen LogP contribution >= 0.6 is 0 Å². The molecule has 142 valence electrons. The molecule has 3 heterocycles. The van der Waals surface area contributed by atoms with Gasteiger partial charge in [0, 0.05) is 29.5 Å². The first-order valence-electron chi connectivity index (χ1n) is 9.10. The maximum Gasteiger partial charge on any atom is 0.237 e. The Morgan fingerprint density at radius 3 is 2.63 bits per heavy atom. The zero-order valence-electron chi connectivity index (χ0n) is 15.9. The first-order chi connectivity index (χ1) is 12.8. The molecule has 0 radical (unpaired) electrons. The number of ether oxygens (including phenoxy) is 1. The Balaban J connectivity index is 1.63. The first-order valence-corrected chi connectivity index (χ1v) is 10.8. The highest BCUT2D eigenvalue weighted by atomic mass is 32.2. The molecular formula is C21H24N2O3S. The fourth-order valence-corrected chi connectivity index (χ4v) is 5.71. The van der Waals surface area contributed by atoms with Crippen LogP contribution < -0.4 is 9.64 Å². The second-order valence-corrected chi connectivity index (χ2v) is 9.55. The summed E-state index contributed by atoms with van der Waals surface area (Å²) in [4.78, 5) is 6.90. The first kappa shape index (κ1) is 18.0. The van der Waals surface area contributed by atoms with Gasteiger partial charge in [0.15, 0.2) is 9.84 Å². The second kappa shape index (κ2) is 6.37. The topological polar surface area (TPSA) is 59.5 Å². The van der Waals surface area contributed by atoms with Crippen molar-refractivity contribution in [2.45, 2.75) is 20.3 Å². The van der Waals surface area contributed by atoms with Crippen molar-refractivity contribution >= 4 is 15.5 Å². The van der Waals surface area contributed by atoms with E-state index in [1.165, 1.54) is 16.5 Å². The van der Waals surface area contributed by atoms with Crippen LogP contribution in [0.2, 0.25) is 0 Å². The molecule has 2 aromatic rings. The largest absolute Gasteiger partial charge is 0.480 e. The predicted octanol–water partition coefficient (Wildman–Crippen LogP) is 3.51. The van der Waals surface area contributed by atoms with Gasteiger partial charge in [-0.15, -0.1) is 0 Å². The fraction of sp³-hybridized carbons (Fsp3) is 0.381. The molecule has 1 aromatic heterocycles. The van der Waals surface area contributed by atoms with Crippen LogP contribution in [0.3, 0.4) is 0 Å². The number of benzene rings is 1. The van der Waals surface area contributed by atoms with E-state index in [0.717, 1.165) is 29.9 Å². The summed E-state index contributed by atoms with van der Waals surface area (Å²) in [6.07, 6.45) is 2.69. The van der Waals surface area contributed by atoms with Crippen molar-refractivity contribution in [3.05, 3.63) is 52.9 Å². The minimum Gasteiger partial charge on any atom is -0.480 e. The molecule has 1 unspecified atom stereocenters. The quantitative estimate of drug-likeness (QED) is 0.810. The van der Waals surface area contributed by atoms with E-state index in [9.17, 15) is 8.42 Å². The monoisotopic (exact) mass is 384 g/mol. The summed E-state index contributed by atoms with van der Waals surface area (Å²) < 4.78 is 29.3. The lowest BCUT2D eigenvalue weighted by Gasteiger charge is -2.24. The van der Waals surface area contributed by atoms with Crippen molar-refractivity contribution in [2.75, 3.05) is 30.9 Å². The molecule has 1 fully saturated rings. The van der Waals surface area contributed by atoms with Crippen molar-refractivity contribution in [3.63, 3.8) is 0 Å². The molecule has 0 aliphatic carbocycles. The number of hydrogen-bond donors (Lipinski definition) is 0. The fourth-order valence-electron chi connectivity index (χ4n) is 3.99. The van der Waals surface area contributed by atoms with Crippen LogP contribution in [0, 0.1) is 19.3 Å². The van der Waals surface area contributed by atoms with E-state index in [1.807, 2.05) is 18.2 Å². The normalized spacial score (nSPS) is 23.3. The highest BCUT2D eigenvalue weighted by Gasteiger charge is 2.43. The van der Waals surface area contributed by atoms with Gasteiger partial charge in [0.05, 0.1) is 24.2 Å². The van der Waals surface area contributed by atoms with Crippen molar-refractivity contribution in [1.29, 1.82) is 0 Å². The molecule has 0 saturated carbocycles. The lowest BCUT2D eigenvalue weighted by Crippen LogP contribution is -2.28. The Morgan fingerprint density at radius 2 is 1.96 bits per heavy atom. The summed E-state index contributed by atoms with van der Waals surface area (Å²) in [6.45, 7) is 5.65. The molecule has 4 rings (SSSR count). The third-order valence-corrected chi connectivity index (χ3v) is 7.21. The number of aryl methyl sites for hydroxylation is 2. The number of methoxy groups -OCH3 is 1. The van der Waals surface area contributed by atoms with E-state index in [0.29, 0.717) is 12.4 Å². The molecule has 0 N–H and O–H groups in total. The molecule has 2 aliphatic rings. The Bertz CT molecular complexity index is 1030. The van der Waals surface area contributed by atoms with Gasteiger partial charge in [0.25, 0.3) is 0 Å². The maximum absolute atomic E-state index is 11.9. The van der Waals surface area contributed by atoms with Crippen molar-refractivity contribution in [1.82, 2.24) is 4.98 Å². The van der Waals surface area contributed by atoms with Gasteiger partial charge in [-0.3, -0.25) is 0 Å². The summed E-state index contributed by atoms with van der Waals surface area (Å²) in [5.74, 6) is 0.778. The van der Waals surface area contributed by atoms with Crippen LogP contribution in [0.25, 0.3) is 11.3 Å². The highest BCUT2D eigenvalue weighted by Crippen LogP contribution is 2.42. The Morgan fingerprint density at radius 1 is 1.15 bits per heavy atom. The van der Waals surface area contributed by atoms with Gasteiger partial charge >= 0.3 is 0 Å². The molecule has 1 atom stereocenters. The second-order valence-electron chi connectivity index (χ2n) is 7.67. The van der Waals surface area contributed by atoms with Gasteiger partial charge in [0.2, 0.25) is 5.88 Å². The van der Waals surface area contributed by atoms with Gasteiger partial charge in [-0.2, -0.15) is 0 Å². The number of nitrogens with zero attached hydrogens (tertiary/aromatic N) is 2. The van der Waals surface area contributed by atoms with E-state index < -0.39 is 9.84 Å². The molecule has 1 saturated heterocycles. The van der Waals surface area contributed by atoms with Crippen molar-refractivity contribution in [3.8, 4) is 17.1 Å². The lowest BCUT2D eigenvalue weighted by atomic mass is 9.90. The average molecular weight is 385 g/mol. The highest BCUT2D eigenvalue weighted by molar-refractivity contribution is 7.94. The maximum atomic E-state index is 11.9. The van der Waals surface area contributed by atoms with E-state index >= 15 is 0 Å². The minimum atomic E-state index is -3.06. The summed E-state index contributed by atoms with van der Waals surface area (Å²) >= 11 is 0. The van der Waals surface area contributed by atoms with E-state index in [4.69, 9.17) is 9.72 Å².